The van der Waals surface area contributed by atoms with Crippen LogP contribution in [-0.4, -0.2) is 7.05 Å². The maximum absolute atomic E-state index is 5.71. The van der Waals surface area contributed by atoms with Crippen molar-refractivity contribution in [1.82, 2.24) is 0 Å². The lowest BCUT2D eigenvalue weighted by atomic mass is 10.0. The topological polar surface area (TPSA) is 29.3 Å². The van der Waals surface area contributed by atoms with Gasteiger partial charge in [-0.1, -0.05) is 18.2 Å². The standard InChI is InChI=1S/C17H22N2/c1-12-8-9-17(14(3)13(12)2)19(4)16-7-5-6-15(10-16)11-18/h5-10H,11,18H2,1-4H3. The molecule has 0 aliphatic heterocycles. The summed E-state index contributed by atoms with van der Waals surface area (Å²) in [4.78, 5) is 2.22. The molecule has 0 unspecified atom stereocenters. The predicted molar refractivity (Wildman–Crippen MR) is 83.0 cm³/mol. The van der Waals surface area contributed by atoms with Gasteiger partial charge in [0.25, 0.3) is 0 Å². The van der Waals surface area contributed by atoms with Crippen molar-refractivity contribution in [2.24, 2.45) is 5.73 Å². The van der Waals surface area contributed by atoms with Crippen molar-refractivity contribution in [3.63, 3.8) is 0 Å². The Kier molecular flexibility index (Phi) is 3.91. The van der Waals surface area contributed by atoms with Gasteiger partial charge in [0.15, 0.2) is 0 Å². The molecule has 0 aliphatic carbocycles. The van der Waals surface area contributed by atoms with Crippen molar-refractivity contribution in [3.8, 4) is 0 Å². The molecule has 2 heteroatoms. The van der Waals surface area contributed by atoms with Crippen LogP contribution >= 0.6 is 0 Å². The first kappa shape index (κ1) is 13.6. The fraction of sp³-hybridized carbons (Fsp3) is 0.294. The van der Waals surface area contributed by atoms with Gasteiger partial charge in [0, 0.05) is 25.0 Å². The van der Waals surface area contributed by atoms with Crippen LogP contribution < -0.4 is 10.6 Å². The van der Waals surface area contributed by atoms with Crippen molar-refractivity contribution >= 4 is 11.4 Å². The molecular weight excluding hydrogens is 232 g/mol. The van der Waals surface area contributed by atoms with Crippen molar-refractivity contribution in [2.75, 3.05) is 11.9 Å². The fourth-order valence-electron chi connectivity index (χ4n) is 2.34. The van der Waals surface area contributed by atoms with E-state index in [2.05, 4.69) is 69.1 Å². The Hall–Kier alpha value is -1.80. The number of nitrogens with zero attached hydrogens (tertiary/aromatic N) is 1. The smallest absolute Gasteiger partial charge is 0.0440 e. The van der Waals surface area contributed by atoms with Gasteiger partial charge in [-0.3, -0.25) is 0 Å². The number of benzene rings is 2. The van der Waals surface area contributed by atoms with Gasteiger partial charge in [-0.2, -0.15) is 0 Å². The minimum atomic E-state index is 0.577. The number of hydrogen-bond donors (Lipinski definition) is 1. The van der Waals surface area contributed by atoms with Gasteiger partial charge in [-0.25, -0.2) is 0 Å². The normalized spacial score (nSPS) is 10.6. The van der Waals surface area contributed by atoms with Gasteiger partial charge >= 0.3 is 0 Å². The minimum absolute atomic E-state index is 0.577. The summed E-state index contributed by atoms with van der Waals surface area (Å²) in [6, 6.07) is 12.8. The Balaban J connectivity index is 2.44. The minimum Gasteiger partial charge on any atom is -0.344 e. The highest BCUT2D eigenvalue weighted by Gasteiger charge is 2.10. The molecule has 2 aromatic rings. The van der Waals surface area contributed by atoms with Gasteiger partial charge in [0.2, 0.25) is 0 Å². The van der Waals surface area contributed by atoms with E-state index in [4.69, 9.17) is 5.73 Å². The molecule has 100 valence electrons. The number of rotatable bonds is 3. The fourth-order valence-corrected chi connectivity index (χ4v) is 2.34. The summed E-state index contributed by atoms with van der Waals surface area (Å²) < 4.78 is 0. The molecule has 0 radical (unpaired) electrons. The van der Waals surface area contributed by atoms with Crippen LogP contribution in [0, 0.1) is 20.8 Å². The second-order valence-corrected chi connectivity index (χ2v) is 5.08. The van der Waals surface area contributed by atoms with Gasteiger partial charge in [-0.15, -0.1) is 0 Å². The molecule has 2 nitrogen and oxygen atoms in total. The summed E-state index contributed by atoms with van der Waals surface area (Å²) in [5.74, 6) is 0. The number of nitrogens with two attached hydrogens (primary N) is 1. The van der Waals surface area contributed by atoms with Crippen molar-refractivity contribution in [3.05, 3.63) is 58.7 Å². The molecule has 0 aliphatic rings. The van der Waals surface area contributed by atoms with Crippen LogP contribution in [0.3, 0.4) is 0 Å². The highest BCUT2D eigenvalue weighted by molar-refractivity contribution is 5.68. The van der Waals surface area contributed by atoms with E-state index in [9.17, 15) is 0 Å². The summed E-state index contributed by atoms with van der Waals surface area (Å²) in [6.45, 7) is 7.09. The Morgan fingerprint density at radius 1 is 1.00 bits per heavy atom. The van der Waals surface area contributed by atoms with E-state index in [1.54, 1.807) is 0 Å². The van der Waals surface area contributed by atoms with Gasteiger partial charge in [-0.05, 0) is 61.2 Å². The molecule has 0 amide bonds. The first-order valence-electron chi connectivity index (χ1n) is 6.64. The molecule has 0 saturated carbocycles. The molecule has 0 heterocycles. The number of aryl methyl sites for hydroxylation is 1. The zero-order chi connectivity index (χ0) is 14.0. The molecule has 0 atom stereocenters. The molecule has 0 bridgehead atoms. The van der Waals surface area contributed by atoms with E-state index in [1.165, 1.54) is 28.1 Å². The van der Waals surface area contributed by atoms with Crippen LogP contribution in [0.5, 0.6) is 0 Å². The summed E-state index contributed by atoms with van der Waals surface area (Å²) in [5.41, 5.74) is 13.3. The third kappa shape index (κ3) is 2.64. The van der Waals surface area contributed by atoms with Crippen molar-refractivity contribution < 1.29 is 0 Å². The zero-order valence-corrected chi connectivity index (χ0v) is 12.2. The average Bonchev–Trinajstić information content (AvgIpc) is 2.44. The van der Waals surface area contributed by atoms with E-state index >= 15 is 0 Å². The quantitative estimate of drug-likeness (QED) is 0.901. The van der Waals surface area contributed by atoms with E-state index in [1.807, 2.05) is 0 Å². The monoisotopic (exact) mass is 254 g/mol. The highest BCUT2D eigenvalue weighted by atomic mass is 15.1. The molecule has 0 aromatic heterocycles. The zero-order valence-electron chi connectivity index (χ0n) is 12.2. The molecule has 2 rings (SSSR count). The Morgan fingerprint density at radius 2 is 1.74 bits per heavy atom. The van der Waals surface area contributed by atoms with Crippen molar-refractivity contribution in [1.29, 1.82) is 0 Å². The van der Waals surface area contributed by atoms with Gasteiger partial charge in [0.05, 0.1) is 0 Å². The van der Waals surface area contributed by atoms with Crippen LogP contribution in [0.15, 0.2) is 36.4 Å². The van der Waals surface area contributed by atoms with Gasteiger partial charge < -0.3 is 10.6 Å². The third-order valence-corrected chi connectivity index (χ3v) is 3.92. The molecule has 19 heavy (non-hydrogen) atoms. The van der Waals surface area contributed by atoms with Crippen LogP contribution in [0.4, 0.5) is 11.4 Å². The molecule has 0 saturated heterocycles. The molecule has 2 N–H and O–H groups in total. The van der Waals surface area contributed by atoms with E-state index < -0.39 is 0 Å². The molecule has 0 spiro atoms. The maximum Gasteiger partial charge on any atom is 0.0440 e. The number of hydrogen-bond acceptors (Lipinski definition) is 2. The van der Waals surface area contributed by atoms with Gasteiger partial charge in [0.1, 0.15) is 0 Å². The number of anilines is 2. The van der Waals surface area contributed by atoms with E-state index in [-0.39, 0.29) is 0 Å². The van der Waals surface area contributed by atoms with Crippen LogP contribution in [0.25, 0.3) is 0 Å². The Morgan fingerprint density at radius 3 is 2.42 bits per heavy atom. The van der Waals surface area contributed by atoms with E-state index in [0.29, 0.717) is 6.54 Å². The first-order valence-corrected chi connectivity index (χ1v) is 6.64. The predicted octanol–water partition coefficient (Wildman–Crippen LogP) is 3.84. The largest absolute Gasteiger partial charge is 0.344 e. The summed E-state index contributed by atoms with van der Waals surface area (Å²) in [7, 11) is 2.10. The lowest BCUT2D eigenvalue weighted by Crippen LogP contribution is -2.12. The maximum atomic E-state index is 5.71. The lowest BCUT2D eigenvalue weighted by Gasteiger charge is -2.24. The molecular formula is C17H22N2. The highest BCUT2D eigenvalue weighted by Crippen LogP contribution is 2.30. The second kappa shape index (κ2) is 5.45. The molecule has 0 fully saturated rings. The Bertz CT molecular complexity index is 588. The summed E-state index contributed by atoms with van der Waals surface area (Å²) >= 11 is 0. The Labute approximate surface area is 115 Å². The van der Waals surface area contributed by atoms with Crippen molar-refractivity contribution in [2.45, 2.75) is 27.3 Å². The van der Waals surface area contributed by atoms with Crippen LogP contribution in [-0.2, 0) is 6.54 Å². The first-order chi connectivity index (χ1) is 9.04. The average molecular weight is 254 g/mol. The molecule has 2 aromatic carbocycles. The SMILES string of the molecule is Cc1ccc(N(C)c2cccc(CN)c2)c(C)c1C. The second-order valence-electron chi connectivity index (χ2n) is 5.08. The van der Waals surface area contributed by atoms with E-state index in [0.717, 1.165) is 5.56 Å². The lowest BCUT2D eigenvalue weighted by molar-refractivity contribution is 1.06. The summed E-state index contributed by atoms with van der Waals surface area (Å²) in [5, 5.41) is 0. The van der Waals surface area contributed by atoms with Crippen LogP contribution in [0.2, 0.25) is 0 Å². The van der Waals surface area contributed by atoms with Crippen LogP contribution in [0.1, 0.15) is 22.3 Å². The third-order valence-electron chi connectivity index (χ3n) is 3.92. The summed E-state index contributed by atoms with van der Waals surface area (Å²) in [6.07, 6.45) is 0.